The Hall–Kier alpha value is -1.81. The first-order valence-electron chi connectivity index (χ1n) is 4.71. The number of hydrogen-bond donors (Lipinski definition) is 2. The third-order valence-electron chi connectivity index (χ3n) is 2.33. The predicted octanol–water partition coefficient (Wildman–Crippen LogP) is 1.17. The summed E-state index contributed by atoms with van der Waals surface area (Å²) in [5.74, 6) is 0. The number of carbonyl (C=O) groups excluding carboxylic acids is 1. The Bertz CT molecular complexity index is 464. The number of fused-ring (bicyclic) bond motifs is 1. The average Bonchev–Trinajstić information content (AvgIpc) is 2.62. The average molecular weight is 204 g/mol. The van der Waals surface area contributed by atoms with E-state index in [1.165, 1.54) is 0 Å². The second-order valence-corrected chi connectivity index (χ2v) is 3.33. The summed E-state index contributed by atoms with van der Waals surface area (Å²) in [5, 5.41) is 1.11. The van der Waals surface area contributed by atoms with Gasteiger partial charge in [0.25, 0.3) is 6.47 Å². The van der Waals surface area contributed by atoms with Gasteiger partial charge in [-0.15, -0.1) is 0 Å². The normalized spacial score (nSPS) is 12.6. The van der Waals surface area contributed by atoms with Gasteiger partial charge < -0.3 is 9.72 Å². The summed E-state index contributed by atoms with van der Waals surface area (Å²) in [6.07, 6.45) is 1.82. The molecular weight excluding hydrogens is 192 g/mol. The van der Waals surface area contributed by atoms with E-state index in [-0.39, 0.29) is 0 Å². The molecule has 1 atom stereocenters. The molecule has 0 bridgehead atoms. The fraction of sp³-hybridized carbons (Fsp3) is 0.182. The first-order valence-corrected chi connectivity index (χ1v) is 4.71. The van der Waals surface area contributed by atoms with Crippen LogP contribution in [0.4, 0.5) is 0 Å². The summed E-state index contributed by atoms with van der Waals surface area (Å²) in [4.78, 5) is 13.2. The highest BCUT2D eigenvalue weighted by molar-refractivity contribution is 5.83. The van der Waals surface area contributed by atoms with Crippen LogP contribution in [0.2, 0.25) is 0 Å². The largest absolute Gasteiger partial charge is 0.449 e. The highest BCUT2D eigenvalue weighted by Crippen LogP contribution is 2.18. The van der Waals surface area contributed by atoms with E-state index in [1.807, 2.05) is 30.5 Å². The first kappa shape index (κ1) is 9.73. The molecule has 15 heavy (non-hydrogen) atoms. The maximum absolute atomic E-state index is 10.1. The zero-order valence-corrected chi connectivity index (χ0v) is 8.14. The third kappa shape index (κ3) is 1.99. The Kier molecular flexibility index (Phi) is 2.69. The minimum absolute atomic E-state index is 0.375. The number of nitrogens with two attached hydrogens (primary N) is 1. The molecule has 1 aromatic heterocycles. The first-order chi connectivity index (χ1) is 7.31. The van der Waals surface area contributed by atoms with Crippen molar-refractivity contribution in [3.05, 3.63) is 36.0 Å². The van der Waals surface area contributed by atoms with Crippen LogP contribution in [-0.2, 0) is 16.0 Å². The molecule has 2 rings (SSSR count). The summed E-state index contributed by atoms with van der Waals surface area (Å²) in [5.41, 5.74) is 7.72. The molecule has 1 aromatic carbocycles. The molecular formula is C11H12N2O2. The predicted molar refractivity (Wildman–Crippen MR) is 57.1 cm³/mol. The summed E-state index contributed by atoms with van der Waals surface area (Å²) in [7, 11) is 0. The maximum Gasteiger partial charge on any atom is 0.294 e. The standard InChI is InChI=1S/C11H12N2O2/c12-11(15-7-14)5-8-6-13-10-4-2-1-3-9(8)10/h1-4,6-7,11,13H,5,12H2/t11-/m0/s1. The Labute approximate surface area is 87.0 Å². The SMILES string of the molecule is N[C@H](Cc1c[nH]c2ccccc12)OC=O. The fourth-order valence-electron chi connectivity index (χ4n) is 1.64. The number of nitrogens with one attached hydrogen (secondary N) is 1. The summed E-state index contributed by atoms with van der Waals surface area (Å²) in [6, 6.07) is 7.93. The van der Waals surface area contributed by atoms with Gasteiger partial charge in [-0.25, -0.2) is 0 Å². The molecule has 0 unspecified atom stereocenters. The Morgan fingerprint density at radius 1 is 1.47 bits per heavy atom. The number of carbonyl (C=O) groups is 1. The molecule has 0 fully saturated rings. The monoisotopic (exact) mass is 204 g/mol. The van der Waals surface area contributed by atoms with Crippen LogP contribution in [0, 0.1) is 0 Å². The van der Waals surface area contributed by atoms with Crippen molar-refractivity contribution in [1.82, 2.24) is 4.98 Å². The van der Waals surface area contributed by atoms with Crippen LogP contribution in [0.3, 0.4) is 0 Å². The molecule has 0 saturated heterocycles. The van der Waals surface area contributed by atoms with Crippen LogP contribution in [0.5, 0.6) is 0 Å². The molecule has 0 aliphatic carbocycles. The van der Waals surface area contributed by atoms with Gasteiger partial charge in [-0.05, 0) is 11.6 Å². The van der Waals surface area contributed by atoms with Gasteiger partial charge in [0.1, 0.15) is 0 Å². The van der Waals surface area contributed by atoms with Crippen LogP contribution >= 0.6 is 0 Å². The number of ether oxygens (including phenoxy) is 1. The van der Waals surface area contributed by atoms with E-state index in [1.54, 1.807) is 0 Å². The van der Waals surface area contributed by atoms with E-state index >= 15 is 0 Å². The van der Waals surface area contributed by atoms with Gasteiger partial charge in [-0.2, -0.15) is 0 Å². The fourth-order valence-corrected chi connectivity index (χ4v) is 1.64. The molecule has 0 radical (unpaired) electrons. The number of aromatic amines is 1. The quantitative estimate of drug-likeness (QED) is 0.580. The van der Waals surface area contributed by atoms with E-state index in [9.17, 15) is 4.79 Å². The molecule has 0 spiro atoms. The molecule has 0 amide bonds. The number of para-hydroxylation sites is 1. The third-order valence-corrected chi connectivity index (χ3v) is 2.33. The lowest BCUT2D eigenvalue weighted by Gasteiger charge is -2.07. The Morgan fingerprint density at radius 2 is 2.27 bits per heavy atom. The minimum Gasteiger partial charge on any atom is -0.449 e. The lowest BCUT2D eigenvalue weighted by atomic mass is 10.1. The van der Waals surface area contributed by atoms with Crippen molar-refractivity contribution in [2.45, 2.75) is 12.6 Å². The molecule has 78 valence electrons. The molecule has 0 aliphatic rings. The van der Waals surface area contributed by atoms with Crippen molar-refractivity contribution in [2.75, 3.05) is 0 Å². The number of H-pyrrole nitrogens is 1. The maximum atomic E-state index is 10.1. The minimum atomic E-state index is -0.582. The lowest BCUT2D eigenvalue weighted by Crippen LogP contribution is -2.25. The van der Waals surface area contributed by atoms with Gasteiger partial charge >= 0.3 is 0 Å². The molecule has 0 saturated carbocycles. The van der Waals surface area contributed by atoms with E-state index < -0.39 is 6.23 Å². The lowest BCUT2D eigenvalue weighted by molar-refractivity contribution is -0.133. The smallest absolute Gasteiger partial charge is 0.294 e. The summed E-state index contributed by atoms with van der Waals surface area (Å²) >= 11 is 0. The Morgan fingerprint density at radius 3 is 3.07 bits per heavy atom. The van der Waals surface area contributed by atoms with Crippen LogP contribution in [0.1, 0.15) is 5.56 Å². The zero-order valence-electron chi connectivity index (χ0n) is 8.14. The molecule has 2 aromatic rings. The van der Waals surface area contributed by atoms with Crippen molar-refractivity contribution in [1.29, 1.82) is 0 Å². The number of rotatable bonds is 4. The van der Waals surface area contributed by atoms with Gasteiger partial charge in [0.2, 0.25) is 0 Å². The zero-order chi connectivity index (χ0) is 10.7. The van der Waals surface area contributed by atoms with E-state index in [2.05, 4.69) is 9.72 Å². The highest BCUT2D eigenvalue weighted by atomic mass is 16.5. The van der Waals surface area contributed by atoms with Gasteiger partial charge in [-0.1, -0.05) is 18.2 Å². The van der Waals surface area contributed by atoms with Crippen LogP contribution in [-0.4, -0.2) is 17.7 Å². The molecule has 0 aliphatic heterocycles. The van der Waals surface area contributed by atoms with E-state index in [0.717, 1.165) is 16.5 Å². The molecule has 3 N–H and O–H groups in total. The highest BCUT2D eigenvalue weighted by Gasteiger charge is 2.08. The molecule has 1 heterocycles. The van der Waals surface area contributed by atoms with Crippen molar-refractivity contribution in [3.8, 4) is 0 Å². The van der Waals surface area contributed by atoms with Crippen LogP contribution in [0.15, 0.2) is 30.5 Å². The summed E-state index contributed by atoms with van der Waals surface area (Å²) in [6.45, 7) is 0.375. The van der Waals surface area contributed by atoms with Gasteiger partial charge in [0.15, 0.2) is 6.23 Å². The van der Waals surface area contributed by atoms with E-state index in [0.29, 0.717) is 12.9 Å². The second-order valence-electron chi connectivity index (χ2n) is 3.33. The topological polar surface area (TPSA) is 68.1 Å². The molecule has 4 nitrogen and oxygen atoms in total. The van der Waals surface area contributed by atoms with Crippen LogP contribution in [0.25, 0.3) is 10.9 Å². The van der Waals surface area contributed by atoms with Crippen LogP contribution < -0.4 is 5.73 Å². The molecule has 4 heteroatoms. The number of benzene rings is 1. The second kappa shape index (κ2) is 4.14. The van der Waals surface area contributed by atoms with Gasteiger partial charge in [0.05, 0.1) is 0 Å². The van der Waals surface area contributed by atoms with E-state index in [4.69, 9.17) is 5.73 Å². The number of aromatic nitrogens is 1. The number of hydrogen-bond acceptors (Lipinski definition) is 3. The van der Waals surface area contributed by atoms with Gasteiger partial charge in [0, 0.05) is 23.5 Å². The van der Waals surface area contributed by atoms with Gasteiger partial charge in [-0.3, -0.25) is 10.5 Å². The van der Waals surface area contributed by atoms with Crippen molar-refractivity contribution >= 4 is 17.4 Å². The van der Waals surface area contributed by atoms with Crippen molar-refractivity contribution in [2.24, 2.45) is 5.73 Å². The Balaban J connectivity index is 2.24. The van der Waals surface area contributed by atoms with Crippen molar-refractivity contribution in [3.63, 3.8) is 0 Å². The summed E-state index contributed by atoms with van der Waals surface area (Å²) < 4.78 is 4.65. The van der Waals surface area contributed by atoms with Crippen molar-refractivity contribution < 1.29 is 9.53 Å².